The largest absolute Gasteiger partial charge is 0.383 e. The van der Waals surface area contributed by atoms with Crippen molar-refractivity contribution in [2.45, 2.75) is 33.8 Å². The van der Waals surface area contributed by atoms with Gasteiger partial charge in [-0.25, -0.2) is 0 Å². The molecule has 2 aromatic rings. The Morgan fingerprint density at radius 1 is 1.06 bits per heavy atom. The van der Waals surface area contributed by atoms with E-state index in [1.54, 1.807) is 11.3 Å². The van der Waals surface area contributed by atoms with Crippen molar-refractivity contribution in [3.05, 3.63) is 56.3 Å². The van der Waals surface area contributed by atoms with Crippen LogP contribution >= 0.6 is 11.3 Å². The maximum atomic E-state index is 10.4. The molecule has 0 fully saturated rings. The summed E-state index contributed by atoms with van der Waals surface area (Å²) in [5.74, 6) is 0. The predicted molar refractivity (Wildman–Crippen MR) is 73.8 cm³/mol. The number of rotatable bonds is 2. The molecule has 0 saturated carbocycles. The van der Waals surface area contributed by atoms with Crippen LogP contribution < -0.4 is 0 Å². The molecule has 1 aromatic carbocycles. The summed E-state index contributed by atoms with van der Waals surface area (Å²) in [6.45, 7) is 8.34. The SMILES string of the molecule is Cc1cc(C(O)c2cccc(C)c2C)sc1C. The third-order valence-corrected chi connectivity index (χ3v) is 4.60. The quantitative estimate of drug-likeness (QED) is 0.847. The Morgan fingerprint density at radius 3 is 2.35 bits per heavy atom. The third-order valence-electron chi connectivity index (χ3n) is 3.40. The van der Waals surface area contributed by atoms with Gasteiger partial charge in [-0.2, -0.15) is 0 Å². The molecule has 0 spiro atoms. The van der Waals surface area contributed by atoms with Crippen molar-refractivity contribution in [3.8, 4) is 0 Å². The topological polar surface area (TPSA) is 20.2 Å². The van der Waals surface area contributed by atoms with Gasteiger partial charge in [0.25, 0.3) is 0 Å². The number of aliphatic hydroxyl groups excluding tert-OH is 1. The van der Waals surface area contributed by atoms with Crippen LogP contribution in [0.3, 0.4) is 0 Å². The van der Waals surface area contributed by atoms with Crippen LogP contribution in [0.2, 0.25) is 0 Å². The van der Waals surface area contributed by atoms with Gasteiger partial charge in [0.05, 0.1) is 0 Å². The van der Waals surface area contributed by atoms with Crippen molar-refractivity contribution >= 4 is 11.3 Å². The minimum absolute atomic E-state index is 0.493. The summed E-state index contributed by atoms with van der Waals surface area (Å²) >= 11 is 1.68. The van der Waals surface area contributed by atoms with Gasteiger partial charge in [-0.3, -0.25) is 0 Å². The highest BCUT2D eigenvalue weighted by Crippen LogP contribution is 2.32. The summed E-state index contributed by atoms with van der Waals surface area (Å²) in [5.41, 5.74) is 4.69. The van der Waals surface area contributed by atoms with Crippen LogP contribution in [0.25, 0.3) is 0 Å². The van der Waals surface area contributed by atoms with E-state index in [0.29, 0.717) is 0 Å². The van der Waals surface area contributed by atoms with E-state index in [-0.39, 0.29) is 0 Å². The molecule has 0 amide bonds. The minimum Gasteiger partial charge on any atom is -0.383 e. The molecule has 0 aliphatic carbocycles. The molecule has 17 heavy (non-hydrogen) atoms. The van der Waals surface area contributed by atoms with Crippen LogP contribution in [-0.4, -0.2) is 5.11 Å². The highest BCUT2D eigenvalue weighted by Gasteiger charge is 2.16. The van der Waals surface area contributed by atoms with E-state index < -0.39 is 6.10 Å². The second-order valence-corrected chi connectivity index (χ2v) is 5.87. The molecule has 0 saturated heterocycles. The van der Waals surface area contributed by atoms with Crippen LogP contribution in [0.4, 0.5) is 0 Å². The lowest BCUT2D eigenvalue weighted by molar-refractivity contribution is 0.223. The minimum atomic E-state index is -0.493. The van der Waals surface area contributed by atoms with Gasteiger partial charge in [-0.05, 0) is 56.0 Å². The average Bonchev–Trinajstić information content (AvgIpc) is 2.62. The van der Waals surface area contributed by atoms with E-state index in [0.717, 1.165) is 10.4 Å². The maximum Gasteiger partial charge on any atom is 0.113 e. The second-order valence-electron chi connectivity index (χ2n) is 4.58. The van der Waals surface area contributed by atoms with E-state index in [1.807, 2.05) is 12.1 Å². The zero-order chi connectivity index (χ0) is 12.6. The molecule has 0 aliphatic rings. The number of hydrogen-bond acceptors (Lipinski definition) is 2. The van der Waals surface area contributed by atoms with E-state index in [2.05, 4.69) is 39.8 Å². The van der Waals surface area contributed by atoms with E-state index in [1.165, 1.54) is 21.6 Å². The van der Waals surface area contributed by atoms with Crippen molar-refractivity contribution in [1.82, 2.24) is 0 Å². The van der Waals surface area contributed by atoms with Gasteiger partial charge in [0.1, 0.15) is 6.10 Å². The van der Waals surface area contributed by atoms with Crippen molar-refractivity contribution in [1.29, 1.82) is 0 Å². The first-order valence-electron chi connectivity index (χ1n) is 5.82. The van der Waals surface area contributed by atoms with Crippen molar-refractivity contribution in [3.63, 3.8) is 0 Å². The van der Waals surface area contributed by atoms with Crippen LogP contribution in [-0.2, 0) is 0 Å². The van der Waals surface area contributed by atoms with Crippen molar-refractivity contribution in [2.24, 2.45) is 0 Å². The number of aliphatic hydroxyl groups is 1. The molecule has 1 heterocycles. The fourth-order valence-electron chi connectivity index (χ4n) is 1.96. The van der Waals surface area contributed by atoms with Gasteiger partial charge in [0, 0.05) is 9.75 Å². The summed E-state index contributed by atoms with van der Waals surface area (Å²) in [6.07, 6.45) is -0.493. The zero-order valence-corrected chi connectivity index (χ0v) is 11.6. The van der Waals surface area contributed by atoms with Gasteiger partial charge in [0.2, 0.25) is 0 Å². The molecule has 1 N–H and O–H groups in total. The van der Waals surface area contributed by atoms with Crippen molar-refractivity contribution in [2.75, 3.05) is 0 Å². The standard InChI is InChI=1S/C15H18OS/c1-9-6-5-7-13(11(9)3)15(16)14-8-10(2)12(4)17-14/h5-8,15-16H,1-4H3. The fraction of sp³-hybridized carbons (Fsp3) is 0.333. The molecule has 1 nitrogen and oxygen atoms in total. The lowest BCUT2D eigenvalue weighted by atomic mass is 9.98. The van der Waals surface area contributed by atoms with E-state index in [9.17, 15) is 5.11 Å². The normalized spacial score (nSPS) is 12.8. The summed E-state index contributed by atoms with van der Waals surface area (Å²) in [6, 6.07) is 8.19. The third kappa shape index (κ3) is 2.28. The first-order chi connectivity index (χ1) is 8.00. The lowest BCUT2D eigenvalue weighted by Crippen LogP contribution is -2.01. The summed E-state index contributed by atoms with van der Waals surface area (Å²) in [4.78, 5) is 2.32. The molecule has 0 bridgehead atoms. The van der Waals surface area contributed by atoms with Gasteiger partial charge >= 0.3 is 0 Å². The molecular formula is C15H18OS. The highest BCUT2D eigenvalue weighted by molar-refractivity contribution is 7.12. The van der Waals surface area contributed by atoms with Crippen molar-refractivity contribution < 1.29 is 5.11 Å². The molecule has 90 valence electrons. The van der Waals surface area contributed by atoms with Crippen LogP contribution in [0.15, 0.2) is 24.3 Å². The second kappa shape index (κ2) is 4.63. The molecule has 2 rings (SSSR count). The predicted octanol–water partition coefficient (Wildman–Crippen LogP) is 4.06. The first-order valence-corrected chi connectivity index (χ1v) is 6.63. The van der Waals surface area contributed by atoms with Gasteiger partial charge in [0.15, 0.2) is 0 Å². The monoisotopic (exact) mass is 246 g/mol. The Bertz CT molecular complexity index is 520. The Labute approximate surface area is 107 Å². The van der Waals surface area contributed by atoms with Crippen LogP contribution in [0, 0.1) is 27.7 Å². The van der Waals surface area contributed by atoms with Crippen LogP contribution in [0.1, 0.15) is 38.1 Å². The average molecular weight is 246 g/mol. The van der Waals surface area contributed by atoms with E-state index in [4.69, 9.17) is 0 Å². The lowest BCUT2D eigenvalue weighted by Gasteiger charge is -2.13. The Hall–Kier alpha value is -1.12. The number of thiophene rings is 1. The van der Waals surface area contributed by atoms with Gasteiger partial charge < -0.3 is 5.11 Å². The van der Waals surface area contributed by atoms with Gasteiger partial charge in [-0.1, -0.05) is 18.2 Å². The van der Waals surface area contributed by atoms with Crippen LogP contribution in [0.5, 0.6) is 0 Å². The Kier molecular flexibility index (Phi) is 3.36. The number of hydrogen-bond donors (Lipinski definition) is 1. The number of aryl methyl sites for hydroxylation is 3. The highest BCUT2D eigenvalue weighted by atomic mass is 32.1. The Morgan fingerprint density at radius 2 is 1.76 bits per heavy atom. The Balaban J connectivity index is 2.43. The van der Waals surface area contributed by atoms with Gasteiger partial charge in [-0.15, -0.1) is 11.3 Å². The smallest absolute Gasteiger partial charge is 0.113 e. The molecule has 2 heteroatoms. The maximum absolute atomic E-state index is 10.4. The first kappa shape index (κ1) is 12.3. The van der Waals surface area contributed by atoms with E-state index >= 15 is 0 Å². The molecule has 0 aliphatic heterocycles. The molecule has 1 unspecified atom stereocenters. The fourth-order valence-corrected chi connectivity index (χ4v) is 3.01. The molecule has 1 atom stereocenters. The molecule has 1 aromatic heterocycles. The summed E-state index contributed by atoms with van der Waals surface area (Å²) in [5, 5.41) is 10.4. The zero-order valence-electron chi connectivity index (χ0n) is 10.7. The molecular weight excluding hydrogens is 228 g/mol. The molecule has 0 radical (unpaired) electrons. The summed E-state index contributed by atoms with van der Waals surface area (Å²) < 4.78 is 0. The number of benzene rings is 1. The summed E-state index contributed by atoms with van der Waals surface area (Å²) in [7, 11) is 0.